The number of ether oxygens (including phenoxy) is 1. The fourth-order valence-electron chi connectivity index (χ4n) is 2.78. The van der Waals surface area contributed by atoms with Gasteiger partial charge < -0.3 is 14.6 Å². The number of carbonyl (C=O) groups excluding carboxylic acids is 2. The van der Waals surface area contributed by atoms with Crippen LogP contribution in [0.5, 0.6) is 5.75 Å². The average molecular weight is 438 g/mol. The van der Waals surface area contributed by atoms with E-state index in [1.807, 2.05) is 34.9 Å². The molecule has 0 aliphatic heterocycles. The summed E-state index contributed by atoms with van der Waals surface area (Å²) in [5, 5.41) is 14.0. The van der Waals surface area contributed by atoms with E-state index in [1.54, 1.807) is 37.5 Å². The molecule has 31 heavy (non-hydrogen) atoms. The van der Waals surface area contributed by atoms with Crippen molar-refractivity contribution in [2.24, 2.45) is 0 Å². The maximum atomic E-state index is 12.2. The first-order chi connectivity index (χ1) is 15.1. The Labute approximate surface area is 184 Å². The third kappa shape index (κ3) is 6.45. The Morgan fingerprint density at radius 1 is 1.13 bits per heavy atom. The van der Waals surface area contributed by atoms with Crippen LogP contribution < -0.4 is 15.4 Å². The van der Waals surface area contributed by atoms with Gasteiger partial charge in [-0.2, -0.15) is 0 Å². The second-order valence-electron chi connectivity index (χ2n) is 6.48. The number of nitrogens with one attached hydrogen (secondary N) is 2. The smallest absolute Gasteiger partial charge is 0.325 e. The Morgan fingerprint density at radius 3 is 2.55 bits per heavy atom. The zero-order chi connectivity index (χ0) is 22.1. The third-order valence-corrected chi connectivity index (χ3v) is 5.21. The van der Waals surface area contributed by atoms with E-state index >= 15 is 0 Å². The molecule has 3 amide bonds. The maximum Gasteiger partial charge on any atom is 0.325 e. The average Bonchev–Trinajstić information content (AvgIpc) is 3.15. The molecule has 1 heterocycles. The van der Waals surface area contributed by atoms with E-state index in [9.17, 15) is 9.59 Å². The van der Waals surface area contributed by atoms with Crippen molar-refractivity contribution in [1.29, 1.82) is 0 Å². The predicted octanol–water partition coefficient (Wildman–Crippen LogP) is 3.50. The number of nitrogens with zero attached hydrogens (tertiary/aromatic N) is 3. The highest BCUT2D eigenvalue weighted by Crippen LogP contribution is 2.19. The molecule has 0 bridgehead atoms. The monoisotopic (exact) mass is 437 g/mol. The zero-order valence-corrected chi connectivity index (χ0v) is 17.9. The number of hydrogen-bond donors (Lipinski definition) is 2. The molecule has 0 aliphatic carbocycles. The molecule has 9 heteroatoms. The highest BCUT2D eigenvalue weighted by Gasteiger charge is 2.15. The van der Waals surface area contributed by atoms with Gasteiger partial charge in [0.05, 0.1) is 12.9 Å². The third-order valence-electron chi connectivity index (χ3n) is 4.24. The molecule has 160 valence electrons. The minimum absolute atomic E-state index is 0.0245. The van der Waals surface area contributed by atoms with Crippen LogP contribution in [0.4, 0.5) is 10.5 Å². The van der Waals surface area contributed by atoms with Gasteiger partial charge in [-0.05, 0) is 29.8 Å². The Morgan fingerprint density at radius 2 is 1.87 bits per heavy atom. The SMILES string of the molecule is C=CCn1c(Cc2ccccc2)nnc1SCC(=O)NC(=O)Nc1ccc(OC)cc1. The first-order valence-corrected chi connectivity index (χ1v) is 10.5. The molecule has 8 nitrogen and oxygen atoms in total. The van der Waals surface area contributed by atoms with Crippen LogP contribution in [-0.4, -0.2) is 39.6 Å². The van der Waals surface area contributed by atoms with Crippen LogP contribution in [0.1, 0.15) is 11.4 Å². The van der Waals surface area contributed by atoms with E-state index in [1.165, 1.54) is 11.8 Å². The highest BCUT2D eigenvalue weighted by molar-refractivity contribution is 7.99. The van der Waals surface area contributed by atoms with Crippen molar-refractivity contribution >= 4 is 29.4 Å². The minimum Gasteiger partial charge on any atom is -0.497 e. The zero-order valence-electron chi connectivity index (χ0n) is 17.1. The molecule has 2 N–H and O–H groups in total. The lowest BCUT2D eigenvalue weighted by atomic mass is 10.1. The van der Waals surface area contributed by atoms with Gasteiger partial charge in [-0.25, -0.2) is 4.79 Å². The van der Waals surface area contributed by atoms with Gasteiger partial charge in [-0.3, -0.25) is 10.1 Å². The van der Waals surface area contributed by atoms with Crippen LogP contribution in [0.25, 0.3) is 0 Å². The van der Waals surface area contributed by atoms with E-state index in [0.717, 1.165) is 11.4 Å². The van der Waals surface area contributed by atoms with Crippen molar-refractivity contribution in [1.82, 2.24) is 20.1 Å². The Hall–Kier alpha value is -3.59. The summed E-state index contributed by atoms with van der Waals surface area (Å²) in [5.41, 5.74) is 1.67. The van der Waals surface area contributed by atoms with Gasteiger partial charge in [0.25, 0.3) is 0 Å². The van der Waals surface area contributed by atoms with Crippen molar-refractivity contribution in [2.75, 3.05) is 18.2 Å². The number of carbonyl (C=O) groups is 2. The summed E-state index contributed by atoms with van der Waals surface area (Å²) in [7, 11) is 1.56. The normalized spacial score (nSPS) is 10.4. The quantitative estimate of drug-likeness (QED) is 0.393. The van der Waals surface area contributed by atoms with Gasteiger partial charge >= 0.3 is 6.03 Å². The topological polar surface area (TPSA) is 98.1 Å². The largest absolute Gasteiger partial charge is 0.497 e. The number of anilines is 1. The molecule has 0 unspecified atom stereocenters. The standard InChI is InChI=1S/C22H23N5O3S/c1-3-13-27-19(14-16-7-5-4-6-8-16)25-26-22(27)31-15-20(28)24-21(29)23-17-9-11-18(30-2)12-10-17/h3-12H,1,13-15H2,2H3,(H2,23,24,28,29). The van der Waals surface area contributed by atoms with Crippen molar-refractivity contribution in [3.8, 4) is 5.75 Å². The lowest BCUT2D eigenvalue weighted by molar-refractivity contribution is -0.117. The summed E-state index contributed by atoms with van der Waals surface area (Å²) in [6.45, 7) is 4.31. The molecule has 1 aromatic heterocycles. The number of benzene rings is 2. The summed E-state index contributed by atoms with van der Waals surface area (Å²) in [4.78, 5) is 24.2. The molecule has 0 radical (unpaired) electrons. The van der Waals surface area contributed by atoms with E-state index in [-0.39, 0.29) is 5.75 Å². The molecule has 0 atom stereocenters. The minimum atomic E-state index is -0.604. The van der Waals surface area contributed by atoms with E-state index < -0.39 is 11.9 Å². The van der Waals surface area contributed by atoms with Crippen LogP contribution in [0.15, 0.2) is 72.4 Å². The first-order valence-electron chi connectivity index (χ1n) is 9.53. The van der Waals surface area contributed by atoms with Gasteiger partial charge in [0.1, 0.15) is 11.6 Å². The molecule has 0 saturated heterocycles. The molecule has 3 aromatic rings. The molecular formula is C22H23N5O3S. The Bertz CT molecular complexity index is 1040. The number of aromatic nitrogens is 3. The molecule has 3 rings (SSSR count). The lowest BCUT2D eigenvalue weighted by Crippen LogP contribution is -2.35. The van der Waals surface area contributed by atoms with Gasteiger partial charge in [0.15, 0.2) is 5.16 Å². The fraction of sp³-hybridized carbons (Fsp3) is 0.182. The second-order valence-corrected chi connectivity index (χ2v) is 7.42. The number of hydrogen-bond acceptors (Lipinski definition) is 6. The van der Waals surface area contributed by atoms with Gasteiger partial charge in [0.2, 0.25) is 5.91 Å². The molecule has 0 saturated carbocycles. The number of methoxy groups -OCH3 is 1. The lowest BCUT2D eigenvalue weighted by Gasteiger charge is -2.09. The number of allylic oxidation sites excluding steroid dienone is 1. The van der Waals surface area contributed by atoms with E-state index in [0.29, 0.717) is 29.6 Å². The summed E-state index contributed by atoms with van der Waals surface area (Å²) >= 11 is 1.21. The van der Waals surface area contributed by atoms with Crippen molar-refractivity contribution in [2.45, 2.75) is 18.1 Å². The van der Waals surface area contributed by atoms with Crippen LogP contribution >= 0.6 is 11.8 Å². The number of rotatable bonds is 9. The molecule has 0 fully saturated rings. The van der Waals surface area contributed by atoms with Crippen LogP contribution in [0.3, 0.4) is 0 Å². The number of imide groups is 1. The molecular weight excluding hydrogens is 414 g/mol. The fourth-order valence-corrected chi connectivity index (χ4v) is 3.54. The second kappa shape index (κ2) is 11.0. The van der Waals surface area contributed by atoms with Crippen molar-refractivity contribution in [3.63, 3.8) is 0 Å². The van der Waals surface area contributed by atoms with Crippen molar-refractivity contribution in [3.05, 3.63) is 78.6 Å². The summed E-state index contributed by atoms with van der Waals surface area (Å²) in [6.07, 6.45) is 2.38. The molecule has 0 spiro atoms. The first kappa shape index (κ1) is 22.1. The Balaban J connectivity index is 1.55. The number of urea groups is 1. The van der Waals surface area contributed by atoms with Gasteiger partial charge in [0, 0.05) is 18.7 Å². The summed E-state index contributed by atoms with van der Waals surface area (Å²) < 4.78 is 6.98. The van der Waals surface area contributed by atoms with Gasteiger partial charge in [-0.15, -0.1) is 16.8 Å². The maximum absolute atomic E-state index is 12.2. The highest BCUT2D eigenvalue weighted by atomic mass is 32.2. The summed E-state index contributed by atoms with van der Waals surface area (Å²) in [5.74, 6) is 1.05. The number of thioether (sulfide) groups is 1. The van der Waals surface area contributed by atoms with Crippen LogP contribution in [-0.2, 0) is 17.8 Å². The van der Waals surface area contributed by atoms with Gasteiger partial charge in [-0.1, -0.05) is 48.2 Å². The number of amides is 3. The van der Waals surface area contributed by atoms with Crippen LogP contribution in [0, 0.1) is 0 Å². The van der Waals surface area contributed by atoms with Crippen molar-refractivity contribution < 1.29 is 14.3 Å². The molecule has 0 aliphatic rings. The predicted molar refractivity (Wildman–Crippen MR) is 120 cm³/mol. The van der Waals surface area contributed by atoms with E-state index in [2.05, 4.69) is 27.4 Å². The molecule has 2 aromatic carbocycles. The van der Waals surface area contributed by atoms with Crippen LogP contribution in [0.2, 0.25) is 0 Å². The Kier molecular flexibility index (Phi) is 7.83. The summed E-state index contributed by atoms with van der Waals surface area (Å²) in [6, 6.07) is 16.1. The van der Waals surface area contributed by atoms with E-state index in [4.69, 9.17) is 4.74 Å².